The van der Waals surface area contributed by atoms with Gasteiger partial charge in [-0.2, -0.15) is 0 Å². The predicted octanol–water partition coefficient (Wildman–Crippen LogP) is -8.02. The molecule has 0 fully saturated rings. The van der Waals surface area contributed by atoms with Gasteiger partial charge in [0.05, 0.1) is 0 Å². The molecule has 0 aliphatic rings. The smallest absolute Gasteiger partial charge is 0.480 e. The number of hydrogen-bond donors (Lipinski definition) is 6. The van der Waals surface area contributed by atoms with Gasteiger partial charge in [-0.1, -0.05) is 0 Å². The Morgan fingerprint density at radius 3 is 1.69 bits per heavy atom. The SMILES string of the molecule is CN(CC(=O)O)C(=N)N.O=P(O)(O)O.[Na+].[Na+]. The maximum absolute atomic E-state index is 9.92. The van der Waals surface area contributed by atoms with Crippen molar-refractivity contribution < 1.29 is 88.3 Å². The third kappa shape index (κ3) is 36.4. The van der Waals surface area contributed by atoms with E-state index in [4.69, 9.17) is 35.5 Å². The summed E-state index contributed by atoms with van der Waals surface area (Å²) in [6.07, 6.45) is 0. The number of likely N-dealkylation sites (N-methyl/N-ethyl adjacent to an activating group) is 1. The number of carboxylic acid groups (broad SMARTS) is 1. The van der Waals surface area contributed by atoms with Gasteiger partial charge in [-0.15, -0.1) is 0 Å². The molecule has 12 heteroatoms. The van der Waals surface area contributed by atoms with E-state index < -0.39 is 13.8 Å². The Labute approximate surface area is 136 Å². The Kier molecular flexibility index (Phi) is 19.7. The molecule has 0 bridgehead atoms. The summed E-state index contributed by atoms with van der Waals surface area (Å²) in [6.45, 7) is -0.227. The van der Waals surface area contributed by atoms with E-state index in [9.17, 15) is 4.79 Å². The minimum absolute atomic E-state index is 0. The molecular weight excluding hydrogens is 263 g/mol. The van der Waals surface area contributed by atoms with Crippen molar-refractivity contribution in [2.45, 2.75) is 0 Å². The number of aliphatic carboxylic acids is 1. The van der Waals surface area contributed by atoms with E-state index in [2.05, 4.69) is 0 Å². The molecule has 0 aromatic carbocycles. The number of phosphoric acid groups is 1. The molecule has 0 atom stereocenters. The second-order valence-electron chi connectivity index (χ2n) is 2.15. The molecular formula is C4H12N3Na2O6P+2. The molecule has 16 heavy (non-hydrogen) atoms. The van der Waals surface area contributed by atoms with Gasteiger partial charge in [-0.3, -0.25) is 10.2 Å². The predicted molar refractivity (Wildman–Crippen MR) is 46.4 cm³/mol. The first-order chi connectivity index (χ1) is 6.04. The van der Waals surface area contributed by atoms with Crippen LogP contribution in [0.4, 0.5) is 0 Å². The zero-order valence-electron chi connectivity index (χ0n) is 9.28. The van der Waals surface area contributed by atoms with Gasteiger partial charge in [-0.25, -0.2) is 4.57 Å². The molecule has 0 radical (unpaired) electrons. The fourth-order valence-electron chi connectivity index (χ4n) is 0.288. The fraction of sp³-hybridized carbons (Fsp3) is 0.500. The van der Waals surface area contributed by atoms with Crippen molar-refractivity contribution >= 4 is 19.8 Å². The summed E-state index contributed by atoms with van der Waals surface area (Å²) in [5.41, 5.74) is 4.93. The summed E-state index contributed by atoms with van der Waals surface area (Å²) in [7, 11) is -3.20. The van der Waals surface area contributed by atoms with E-state index in [-0.39, 0.29) is 71.6 Å². The molecule has 0 heterocycles. The van der Waals surface area contributed by atoms with Crippen molar-refractivity contribution in [2.24, 2.45) is 5.73 Å². The summed E-state index contributed by atoms with van der Waals surface area (Å²) in [5.74, 6) is -1.23. The molecule has 0 aromatic rings. The van der Waals surface area contributed by atoms with Gasteiger partial charge in [0.1, 0.15) is 6.54 Å². The van der Waals surface area contributed by atoms with E-state index in [1.165, 1.54) is 7.05 Å². The molecule has 0 rings (SSSR count). The summed E-state index contributed by atoms with van der Waals surface area (Å²) in [5, 5.41) is 14.9. The van der Waals surface area contributed by atoms with Crippen LogP contribution in [0.15, 0.2) is 0 Å². The van der Waals surface area contributed by atoms with Gasteiger partial charge < -0.3 is 30.4 Å². The molecule has 0 spiro atoms. The normalized spacial score (nSPS) is 8.50. The van der Waals surface area contributed by atoms with Crippen LogP contribution in [-0.2, 0) is 9.36 Å². The van der Waals surface area contributed by atoms with Gasteiger partial charge in [0, 0.05) is 7.05 Å². The molecule has 84 valence electrons. The minimum Gasteiger partial charge on any atom is -0.480 e. The van der Waals surface area contributed by atoms with Crippen LogP contribution >= 0.6 is 7.82 Å². The maximum atomic E-state index is 9.92. The number of carboxylic acids is 1. The number of nitrogens with zero attached hydrogens (tertiary/aromatic N) is 1. The third-order valence-corrected chi connectivity index (χ3v) is 0.784. The summed E-state index contributed by atoms with van der Waals surface area (Å²) in [4.78, 5) is 32.6. The number of carbonyl (C=O) groups is 1. The molecule has 9 nitrogen and oxygen atoms in total. The summed E-state index contributed by atoms with van der Waals surface area (Å²) >= 11 is 0. The van der Waals surface area contributed by atoms with Gasteiger partial charge in [0.25, 0.3) is 0 Å². The monoisotopic (exact) mass is 275 g/mol. The Bertz CT molecular complexity index is 250. The van der Waals surface area contributed by atoms with Crippen molar-refractivity contribution in [1.82, 2.24) is 4.90 Å². The maximum Gasteiger partial charge on any atom is 1.00 e. The topological polar surface area (TPSA) is 168 Å². The summed E-state index contributed by atoms with van der Waals surface area (Å²) in [6, 6.07) is 0. The van der Waals surface area contributed by atoms with Crippen molar-refractivity contribution in [1.29, 1.82) is 5.41 Å². The molecule has 0 saturated carbocycles. The van der Waals surface area contributed by atoms with Crippen LogP contribution in [-0.4, -0.2) is 50.2 Å². The Morgan fingerprint density at radius 2 is 1.62 bits per heavy atom. The second-order valence-corrected chi connectivity index (χ2v) is 3.17. The van der Waals surface area contributed by atoms with Crippen molar-refractivity contribution in [3.63, 3.8) is 0 Å². The van der Waals surface area contributed by atoms with Gasteiger partial charge in [-0.05, 0) is 0 Å². The molecule has 0 unspecified atom stereocenters. The summed E-state index contributed by atoms with van der Waals surface area (Å²) < 4.78 is 8.88. The first-order valence-corrected chi connectivity index (χ1v) is 4.65. The van der Waals surface area contributed by atoms with Crippen LogP contribution in [0.25, 0.3) is 0 Å². The number of nitrogens with two attached hydrogens (primary N) is 1. The number of rotatable bonds is 2. The number of nitrogens with one attached hydrogen (secondary N) is 1. The Morgan fingerprint density at radius 1 is 1.38 bits per heavy atom. The zero-order chi connectivity index (χ0) is 11.9. The van der Waals surface area contributed by atoms with Crippen molar-refractivity contribution in [2.75, 3.05) is 13.6 Å². The molecule has 0 aromatic heterocycles. The third-order valence-electron chi connectivity index (χ3n) is 0.784. The van der Waals surface area contributed by atoms with E-state index in [1.807, 2.05) is 0 Å². The Hall–Kier alpha value is 0.850. The molecule has 0 aliphatic heterocycles. The fourth-order valence-corrected chi connectivity index (χ4v) is 0.288. The second kappa shape index (κ2) is 12.3. The van der Waals surface area contributed by atoms with Crippen LogP contribution in [0.5, 0.6) is 0 Å². The van der Waals surface area contributed by atoms with Crippen LogP contribution in [0.1, 0.15) is 0 Å². The average Bonchev–Trinajstić information content (AvgIpc) is 1.80. The minimum atomic E-state index is -4.64. The largest absolute Gasteiger partial charge is 1.00 e. The van der Waals surface area contributed by atoms with Crippen LogP contribution < -0.4 is 64.8 Å². The van der Waals surface area contributed by atoms with Crippen LogP contribution in [0.2, 0.25) is 0 Å². The van der Waals surface area contributed by atoms with Crippen molar-refractivity contribution in [3.8, 4) is 0 Å². The molecule has 7 N–H and O–H groups in total. The average molecular weight is 275 g/mol. The number of guanidine groups is 1. The zero-order valence-corrected chi connectivity index (χ0v) is 14.2. The van der Waals surface area contributed by atoms with Gasteiger partial charge in [0.15, 0.2) is 5.96 Å². The van der Waals surface area contributed by atoms with E-state index in [0.717, 1.165) is 4.90 Å². The number of hydrogen-bond acceptors (Lipinski definition) is 3. The van der Waals surface area contributed by atoms with Crippen LogP contribution in [0, 0.1) is 5.41 Å². The van der Waals surface area contributed by atoms with Crippen molar-refractivity contribution in [3.05, 3.63) is 0 Å². The van der Waals surface area contributed by atoms with E-state index in [0.29, 0.717) is 0 Å². The van der Waals surface area contributed by atoms with Gasteiger partial charge >= 0.3 is 72.9 Å². The quantitative estimate of drug-likeness (QED) is 0.125. The molecule has 0 amide bonds. The van der Waals surface area contributed by atoms with E-state index >= 15 is 0 Å². The van der Waals surface area contributed by atoms with E-state index in [1.54, 1.807) is 0 Å². The van der Waals surface area contributed by atoms with Crippen LogP contribution in [0.3, 0.4) is 0 Å². The van der Waals surface area contributed by atoms with Gasteiger partial charge in [0.2, 0.25) is 0 Å². The standard InChI is InChI=1S/C4H9N3O2.2Na.H3O4P/c1-7(4(5)6)2-3(8)9;;;1-5(2,3)4/h2H2,1H3,(H3,5,6)(H,8,9);;;(H3,1,2,3,4)/q;2*+1;. The first-order valence-electron chi connectivity index (χ1n) is 3.09. The molecule has 0 aliphatic carbocycles. The first kappa shape index (κ1) is 25.6. The Balaban J connectivity index is -0.0000000904. The molecule has 0 saturated heterocycles.